The summed E-state index contributed by atoms with van der Waals surface area (Å²) in [7, 11) is 0. The third-order valence-electron chi connectivity index (χ3n) is 4.96. The molecule has 0 fully saturated rings. The van der Waals surface area contributed by atoms with Gasteiger partial charge >= 0.3 is 0 Å². The Balaban J connectivity index is 2.04. The lowest BCUT2D eigenvalue weighted by Gasteiger charge is -2.27. The van der Waals surface area contributed by atoms with Crippen molar-refractivity contribution in [3.8, 4) is 17.3 Å². The molecular formula is C24H31N3O2. The molecule has 0 spiro atoms. The summed E-state index contributed by atoms with van der Waals surface area (Å²) in [6.07, 6.45) is -0.400. The van der Waals surface area contributed by atoms with E-state index in [1.807, 2.05) is 73.1 Å². The quantitative estimate of drug-likeness (QED) is 0.593. The average Bonchev–Trinajstić information content (AvgIpc) is 2.99. The molecule has 0 unspecified atom stereocenters. The van der Waals surface area contributed by atoms with Gasteiger partial charge in [0.25, 0.3) is 0 Å². The van der Waals surface area contributed by atoms with Crippen molar-refractivity contribution in [2.75, 3.05) is 6.54 Å². The number of hydrogen-bond acceptors (Lipinski definition) is 4. The highest BCUT2D eigenvalue weighted by atomic mass is 16.5. The number of ether oxygens (including phenoxy) is 1. The molecule has 29 heavy (non-hydrogen) atoms. The van der Waals surface area contributed by atoms with Crippen LogP contribution < -0.4 is 4.74 Å². The van der Waals surface area contributed by atoms with Crippen LogP contribution in [0.1, 0.15) is 37.6 Å². The Morgan fingerprint density at radius 2 is 1.66 bits per heavy atom. The maximum Gasteiger partial charge on any atom is 0.227 e. The minimum absolute atomic E-state index is 0.288. The lowest BCUT2D eigenvalue weighted by molar-refractivity contribution is 0.102. The van der Waals surface area contributed by atoms with Crippen molar-refractivity contribution in [2.45, 2.75) is 53.3 Å². The summed E-state index contributed by atoms with van der Waals surface area (Å²) >= 11 is 0. The molecule has 0 amide bonds. The van der Waals surface area contributed by atoms with E-state index in [1.165, 1.54) is 5.56 Å². The maximum atomic E-state index is 9.94. The summed E-state index contributed by atoms with van der Waals surface area (Å²) in [6.45, 7) is 11.4. The minimum Gasteiger partial charge on any atom is -0.439 e. The summed E-state index contributed by atoms with van der Waals surface area (Å²) in [5.74, 6) is 1.49. The lowest BCUT2D eigenvalue weighted by atomic mass is 10.2. The predicted molar refractivity (Wildman–Crippen MR) is 117 cm³/mol. The Morgan fingerprint density at radius 3 is 2.24 bits per heavy atom. The van der Waals surface area contributed by atoms with Crippen LogP contribution in [0.4, 0.5) is 0 Å². The van der Waals surface area contributed by atoms with Crippen LogP contribution in [0.15, 0.2) is 54.6 Å². The van der Waals surface area contributed by atoms with Crippen LogP contribution in [0.3, 0.4) is 0 Å². The normalized spacial score (nSPS) is 12.6. The first kappa shape index (κ1) is 21.1. The number of para-hydroxylation sites is 1. The van der Waals surface area contributed by atoms with Crippen molar-refractivity contribution in [3.05, 3.63) is 71.4 Å². The second-order valence-corrected chi connectivity index (χ2v) is 7.90. The van der Waals surface area contributed by atoms with Gasteiger partial charge in [0.2, 0.25) is 5.88 Å². The fourth-order valence-electron chi connectivity index (χ4n) is 3.29. The van der Waals surface area contributed by atoms with Crippen LogP contribution in [-0.4, -0.2) is 38.5 Å². The van der Waals surface area contributed by atoms with E-state index in [4.69, 9.17) is 9.84 Å². The van der Waals surface area contributed by atoms with Crippen molar-refractivity contribution in [1.29, 1.82) is 0 Å². The Bertz CT molecular complexity index is 915. The molecule has 0 aliphatic rings. The molecule has 0 bridgehead atoms. The molecule has 3 rings (SSSR count). The third kappa shape index (κ3) is 5.25. The summed E-state index contributed by atoms with van der Waals surface area (Å²) in [5.41, 5.74) is 4.10. The molecule has 154 valence electrons. The fourth-order valence-corrected chi connectivity index (χ4v) is 3.29. The van der Waals surface area contributed by atoms with E-state index in [0.717, 1.165) is 22.7 Å². The van der Waals surface area contributed by atoms with Gasteiger partial charge in [-0.3, -0.25) is 4.90 Å². The van der Waals surface area contributed by atoms with Gasteiger partial charge in [-0.15, -0.1) is 0 Å². The van der Waals surface area contributed by atoms with Gasteiger partial charge in [-0.05, 0) is 58.9 Å². The zero-order valence-corrected chi connectivity index (χ0v) is 18.0. The summed E-state index contributed by atoms with van der Waals surface area (Å²) in [4.78, 5) is 2.24. The zero-order valence-electron chi connectivity index (χ0n) is 18.0. The number of hydrogen-bond donors (Lipinski definition) is 1. The van der Waals surface area contributed by atoms with Gasteiger partial charge in [0.15, 0.2) is 0 Å². The van der Waals surface area contributed by atoms with E-state index < -0.39 is 6.10 Å². The van der Waals surface area contributed by atoms with E-state index in [2.05, 4.69) is 25.7 Å². The SMILES string of the molecule is Cc1ccc(Oc2c(CN(C[C@H](C)O)C(C)C)c(C)nn2-c2ccccc2)cc1. The minimum atomic E-state index is -0.400. The van der Waals surface area contributed by atoms with Gasteiger partial charge in [0.05, 0.1) is 23.0 Å². The van der Waals surface area contributed by atoms with Gasteiger partial charge in [0.1, 0.15) is 5.75 Å². The predicted octanol–water partition coefficient (Wildman–Crippen LogP) is 4.87. The standard InChI is InChI=1S/C24H31N3O2/c1-17(2)26(15-19(4)28)16-23-20(5)25-27(21-9-7-6-8-10-21)24(23)29-22-13-11-18(3)12-14-22/h6-14,17,19,28H,15-16H2,1-5H3/t19-/m0/s1. The Morgan fingerprint density at radius 1 is 1.00 bits per heavy atom. The molecule has 1 heterocycles. The highest BCUT2D eigenvalue weighted by Crippen LogP contribution is 2.32. The van der Waals surface area contributed by atoms with E-state index in [9.17, 15) is 5.11 Å². The highest BCUT2D eigenvalue weighted by Gasteiger charge is 2.23. The molecule has 0 radical (unpaired) electrons. The molecule has 0 saturated carbocycles. The van der Waals surface area contributed by atoms with Crippen LogP contribution >= 0.6 is 0 Å². The van der Waals surface area contributed by atoms with E-state index in [1.54, 1.807) is 0 Å². The van der Waals surface area contributed by atoms with Crippen molar-refractivity contribution >= 4 is 0 Å². The molecule has 1 atom stereocenters. The van der Waals surface area contributed by atoms with Gasteiger partial charge in [0, 0.05) is 19.1 Å². The fraction of sp³-hybridized carbons (Fsp3) is 0.375. The van der Waals surface area contributed by atoms with Crippen LogP contribution in [-0.2, 0) is 6.54 Å². The van der Waals surface area contributed by atoms with Crippen LogP contribution in [0.5, 0.6) is 11.6 Å². The largest absolute Gasteiger partial charge is 0.439 e. The summed E-state index contributed by atoms with van der Waals surface area (Å²) in [6, 6.07) is 18.4. The number of nitrogens with zero attached hydrogens (tertiary/aromatic N) is 3. The number of rotatable bonds is 8. The Labute approximate surface area is 173 Å². The van der Waals surface area contributed by atoms with E-state index >= 15 is 0 Å². The average molecular weight is 394 g/mol. The monoisotopic (exact) mass is 393 g/mol. The van der Waals surface area contributed by atoms with Crippen LogP contribution in [0.2, 0.25) is 0 Å². The lowest BCUT2D eigenvalue weighted by Crippen LogP contribution is -2.36. The van der Waals surface area contributed by atoms with Crippen molar-refractivity contribution in [2.24, 2.45) is 0 Å². The second kappa shape index (κ2) is 9.25. The number of aliphatic hydroxyl groups excluding tert-OH is 1. The van der Waals surface area contributed by atoms with Crippen LogP contribution in [0.25, 0.3) is 5.69 Å². The third-order valence-corrected chi connectivity index (χ3v) is 4.96. The molecule has 3 aromatic rings. The molecule has 1 aromatic heterocycles. The number of aryl methyl sites for hydroxylation is 2. The molecule has 0 aliphatic carbocycles. The highest BCUT2D eigenvalue weighted by molar-refractivity contribution is 5.43. The smallest absolute Gasteiger partial charge is 0.227 e. The topological polar surface area (TPSA) is 50.5 Å². The number of aromatic nitrogens is 2. The van der Waals surface area contributed by atoms with Gasteiger partial charge in [-0.1, -0.05) is 35.9 Å². The Hall–Kier alpha value is -2.63. The molecular weight excluding hydrogens is 362 g/mol. The van der Waals surface area contributed by atoms with Crippen molar-refractivity contribution in [1.82, 2.24) is 14.7 Å². The van der Waals surface area contributed by atoms with Crippen molar-refractivity contribution < 1.29 is 9.84 Å². The molecule has 0 saturated heterocycles. The Kier molecular flexibility index (Phi) is 6.72. The summed E-state index contributed by atoms with van der Waals surface area (Å²) < 4.78 is 8.23. The molecule has 5 nitrogen and oxygen atoms in total. The van der Waals surface area contributed by atoms with Gasteiger partial charge in [-0.25, -0.2) is 4.68 Å². The van der Waals surface area contributed by atoms with Crippen molar-refractivity contribution in [3.63, 3.8) is 0 Å². The first-order valence-corrected chi connectivity index (χ1v) is 10.2. The molecule has 0 aliphatic heterocycles. The second-order valence-electron chi connectivity index (χ2n) is 7.90. The molecule has 1 N–H and O–H groups in total. The number of aliphatic hydroxyl groups is 1. The van der Waals surface area contributed by atoms with Crippen LogP contribution in [0, 0.1) is 13.8 Å². The van der Waals surface area contributed by atoms with E-state index in [0.29, 0.717) is 19.0 Å². The zero-order chi connectivity index (χ0) is 21.0. The molecule has 2 aromatic carbocycles. The summed E-state index contributed by atoms with van der Waals surface area (Å²) in [5, 5.41) is 14.7. The molecule has 5 heteroatoms. The maximum absolute atomic E-state index is 9.94. The first-order valence-electron chi connectivity index (χ1n) is 10.2. The number of benzene rings is 2. The van der Waals surface area contributed by atoms with E-state index in [-0.39, 0.29) is 6.04 Å². The van der Waals surface area contributed by atoms with Gasteiger partial charge < -0.3 is 9.84 Å². The first-order chi connectivity index (χ1) is 13.8. The van der Waals surface area contributed by atoms with Gasteiger partial charge in [-0.2, -0.15) is 5.10 Å².